The van der Waals surface area contributed by atoms with Gasteiger partial charge in [0, 0.05) is 6.61 Å². The highest BCUT2D eigenvalue weighted by atomic mass is 16.5. The van der Waals surface area contributed by atoms with Gasteiger partial charge in [0.15, 0.2) is 0 Å². The first-order chi connectivity index (χ1) is 4.85. The SMILES string of the molecule is [CH2]CC(CCC)OCCC. The maximum absolute atomic E-state index is 5.52. The van der Waals surface area contributed by atoms with Crippen LogP contribution in [-0.4, -0.2) is 12.7 Å². The molecule has 1 atom stereocenters. The molecule has 61 valence electrons. The van der Waals surface area contributed by atoms with E-state index in [1.54, 1.807) is 0 Å². The molecule has 0 heterocycles. The Bertz CT molecular complexity index is 61.7. The molecule has 0 aliphatic heterocycles. The van der Waals surface area contributed by atoms with E-state index in [0.29, 0.717) is 6.10 Å². The number of hydrogen-bond acceptors (Lipinski definition) is 1. The Morgan fingerprint density at radius 3 is 2.40 bits per heavy atom. The molecule has 0 aliphatic rings. The normalized spacial score (nSPS) is 13.5. The van der Waals surface area contributed by atoms with Crippen LogP contribution in [0.1, 0.15) is 39.5 Å². The van der Waals surface area contributed by atoms with Crippen LogP contribution in [-0.2, 0) is 4.74 Å². The lowest BCUT2D eigenvalue weighted by atomic mass is 10.2. The minimum atomic E-state index is 0.407. The summed E-state index contributed by atoms with van der Waals surface area (Å²) in [4.78, 5) is 0. The minimum absolute atomic E-state index is 0.407. The zero-order valence-corrected chi connectivity index (χ0v) is 7.23. The van der Waals surface area contributed by atoms with Gasteiger partial charge in [0.2, 0.25) is 0 Å². The first kappa shape index (κ1) is 9.96. The van der Waals surface area contributed by atoms with Gasteiger partial charge in [0.05, 0.1) is 6.10 Å². The Morgan fingerprint density at radius 2 is 2.00 bits per heavy atom. The highest BCUT2D eigenvalue weighted by molar-refractivity contribution is 4.57. The molecule has 1 nitrogen and oxygen atoms in total. The first-order valence-electron chi connectivity index (χ1n) is 4.26. The van der Waals surface area contributed by atoms with Gasteiger partial charge in [-0.15, -0.1) is 0 Å². The molecular formula is C9H19O. The Labute approximate surface area is 64.8 Å². The van der Waals surface area contributed by atoms with Crippen molar-refractivity contribution in [2.24, 2.45) is 0 Å². The predicted molar refractivity (Wildman–Crippen MR) is 44.9 cm³/mol. The van der Waals surface area contributed by atoms with Crippen LogP contribution in [0.3, 0.4) is 0 Å². The van der Waals surface area contributed by atoms with Gasteiger partial charge in [0.25, 0.3) is 0 Å². The van der Waals surface area contributed by atoms with Crippen LogP contribution in [0.25, 0.3) is 0 Å². The summed E-state index contributed by atoms with van der Waals surface area (Å²) in [6.45, 7) is 9.03. The molecule has 10 heavy (non-hydrogen) atoms. The van der Waals surface area contributed by atoms with Gasteiger partial charge >= 0.3 is 0 Å². The number of ether oxygens (including phenoxy) is 1. The largest absolute Gasteiger partial charge is 0.378 e. The number of hydrogen-bond donors (Lipinski definition) is 0. The van der Waals surface area contributed by atoms with E-state index in [2.05, 4.69) is 20.8 Å². The topological polar surface area (TPSA) is 9.23 Å². The van der Waals surface area contributed by atoms with E-state index < -0.39 is 0 Å². The average molecular weight is 143 g/mol. The third-order valence-corrected chi connectivity index (χ3v) is 1.49. The first-order valence-corrected chi connectivity index (χ1v) is 4.26. The summed E-state index contributed by atoms with van der Waals surface area (Å²) < 4.78 is 5.52. The lowest BCUT2D eigenvalue weighted by Crippen LogP contribution is -2.11. The van der Waals surface area contributed by atoms with Crippen LogP contribution in [0.5, 0.6) is 0 Å². The lowest BCUT2D eigenvalue weighted by molar-refractivity contribution is 0.0490. The van der Waals surface area contributed by atoms with Crippen molar-refractivity contribution < 1.29 is 4.74 Å². The molecule has 0 rings (SSSR count). The van der Waals surface area contributed by atoms with Crippen LogP contribution in [0.4, 0.5) is 0 Å². The molecule has 0 N–H and O–H groups in total. The van der Waals surface area contributed by atoms with Crippen LogP contribution in [0.15, 0.2) is 0 Å². The van der Waals surface area contributed by atoms with Crippen molar-refractivity contribution in [3.05, 3.63) is 6.92 Å². The van der Waals surface area contributed by atoms with Gasteiger partial charge in [-0.25, -0.2) is 0 Å². The molecule has 1 heteroatoms. The molecule has 0 saturated heterocycles. The summed E-state index contributed by atoms with van der Waals surface area (Å²) in [5.41, 5.74) is 0. The van der Waals surface area contributed by atoms with Crippen LogP contribution in [0.2, 0.25) is 0 Å². The van der Waals surface area contributed by atoms with Crippen molar-refractivity contribution in [2.45, 2.75) is 45.6 Å². The second-order valence-corrected chi connectivity index (χ2v) is 2.57. The maximum Gasteiger partial charge on any atom is 0.0575 e. The number of rotatable bonds is 6. The fraction of sp³-hybridized carbons (Fsp3) is 0.889. The fourth-order valence-corrected chi connectivity index (χ4v) is 0.917. The Balaban J connectivity index is 3.21. The molecule has 0 aromatic heterocycles. The van der Waals surface area contributed by atoms with Gasteiger partial charge in [-0.3, -0.25) is 0 Å². The van der Waals surface area contributed by atoms with Crippen LogP contribution in [0, 0.1) is 6.92 Å². The quantitative estimate of drug-likeness (QED) is 0.555. The van der Waals surface area contributed by atoms with E-state index in [0.717, 1.165) is 25.9 Å². The van der Waals surface area contributed by atoms with Gasteiger partial charge in [-0.1, -0.05) is 27.2 Å². The second kappa shape index (κ2) is 7.07. The highest BCUT2D eigenvalue weighted by Gasteiger charge is 2.02. The van der Waals surface area contributed by atoms with E-state index in [4.69, 9.17) is 4.74 Å². The van der Waals surface area contributed by atoms with Gasteiger partial charge in [0.1, 0.15) is 0 Å². The molecule has 1 unspecified atom stereocenters. The molecule has 0 fully saturated rings. The molecular weight excluding hydrogens is 124 g/mol. The lowest BCUT2D eigenvalue weighted by Gasteiger charge is -2.13. The summed E-state index contributed by atoms with van der Waals surface area (Å²) >= 11 is 0. The molecule has 1 radical (unpaired) electrons. The Hall–Kier alpha value is -0.0400. The highest BCUT2D eigenvalue weighted by Crippen LogP contribution is 2.05. The van der Waals surface area contributed by atoms with E-state index >= 15 is 0 Å². The summed E-state index contributed by atoms with van der Waals surface area (Å²) in [7, 11) is 0. The molecule has 0 aromatic carbocycles. The molecule has 0 bridgehead atoms. The van der Waals surface area contributed by atoms with Crippen molar-refractivity contribution in [1.82, 2.24) is 0 Å². The van der Waals surface area contributed by atoms with Crippen molar-refractivity contribution in [2.75, 3.05) is 6.61 Å². The molecule has 0 aliphatic carbocycles. The van der Waals surface area contributed by atoms with Crippen molar-refractivity contribution >= 4 is 0 Å². The molecule has 0 saturated carbocycles. The fourth-order valence-electron chi connectivity index (χ4n) is 0.917. The molecule has 0 aromatic rings. The van der Waals surface area contributed by atoms with Crippen LogP contribution >= 0.6 is 0 Å². The standard InChI is InChI=1S/C9H19O/c1-4-7-9(6-3)10-8-5-2/h9H,3-8H2,1-2H3. The monoisotopic (exact) mass is 143 g/mol. The summed E-state index contributed by atoms with van der Waals surface area (Å²) in [5.74, 6) is 0. The summed E-state index contributed by atoms with van der Waals surface area (Å²) in [6.07, 6.45) is 4.78. The Kier molecular flexibility index (Phi) is 7.04. The van der Waals surface area contributed by atoms with Gasteiger partial charge in [-0.2, -0.15) is 0 Å². The van der Waals surface area contributed by atoms with E-state index in [1.807, 2.05) is 0 Å². The third-order valence-electron chi connectivity index (χ3n) is 1.49. The maximum atomic E-state index is 5.52. The summed E-state index contributed by atoms with van der Waals surface area (Å²) in [5, 5.41) is 0. The average Bonchev–Trinajstić information content (AvgIpc) is 1.98. The van der Waals surface area contributed by atoms with Crippen LogP contribution < -0.4 is 0 Å². The van der Waals surface area contributed by atoms with Gasteiger partial charge < -0.3 is 4.74 Å². The van der Waals surface area contributed by atoms with Crippen molar-refractivity contribution in [1.29, 1.82) is 0 Å². The summed E-state index contributed by atoms with van der Waals surface area (Å²) in [6, 6.07) is 0. The zero-order chi connectivity index (χ0) is 7.82. The van der Waals surface area contributed by atoms with Gasteiger partial charge in [-0.05, 0) is 19.3 Å². The second-order valence-electron chi connectivity index (χ2n) is 2.57. The van der Waals surface area contributed by atoms with Crippen molar-refractivity contribution in [3.8, 4) is 0 Å². The third kappa shape index (κ3) is 4.80. The van der Waals surface area contributed by atoms with E-state index in [-0.39, 0.29) is 0 Å². The predicted octanol–water partition coefficient (Wildman–Crippen LogP) is 2.81. The minimum Gasteiger partial charge on any atom is -0.378 e. The molecule has 0 amide bonds. The smallest absolute Gasteiger partial charge is 0.0575 e. The molecule has 0 spiro atoms. The van der Waals surface area contributed by atoms with Crippen molar-refractivity contribution in [3.63, 3.8) is 0 Å². The zero-order valence-electron chi connectivity index (χ0n) is 7.23. The Morgan fingerprint density at radius 1 is 1.30 bits per heavy atom. The van der Waals surface area contributed by atoms with E-state index in [9.17, 15) is 0 Å². The van der Waals surface area contributed by atoms with E-state index in [1.165, 1.54) is 6.42 Å².